The van der Waals surface area contributed by atoms with Crippen LogP contribution in [0.2, 0.25) is 0 Å². The molecule has 3 rings (SSSR count). The maximum atomic E-state index is 13.7. The van der Waals surface area contributed by atoms with Gasteiger partial charge in [-0.15, -0.1) is 12.6 Å². The van der Waals surface area contributed by atoms with Crippen LogP contribution in [0.1, 0.15) is 5.82 Å². The van der Waals surface area contributed by atoms with Gasteiger partial charge in [-0.1, -0.05) is 6.07 Å². The van der Waals surface area contributed by atoms with Gasteiger partial charge in [0, 0.05) is 4.90 Å². The van der Waals surface area contributed by atoms with Crippen LogP contribution in [0.5, 0.6) is 0 Å². The summed E-state index contributed by atoms with van der Waals surface area (Å²) in [5.74, 6) is -0.0416. The summed E-state index contributed by atoms with van der Waals surface area (Å²) < 4.78 is 15.2. The van der Waals surface area contributed by atoms with Crippen molar-refractivity contribution in [3.63, 3.8) is 0 Å². The first-order valence-corrected chi connectivity index (χ1v) is 6.50. The summed E-state index contributed by atoms with van der Waals surface area (Å²) in [4.78, 5) is 17.5. The summed E-state index contributed by atoms with van der Waals surface area (Å²) in [5, 5.41) is 0.269. The molecule has 0 fully saturated rings. The third-order valence-electron chi connectivity index (χ3n) is 3.13. The van der Waals surface area contributed by atoms with E-state index >= 15 is 0 Å². The Balaban J connectivity index is 2.37. The fourth-order valence-corrected chi connectivity index (χ4v) is 2.34. The Morgan fingerprint density at radius 3 is 2.55 bits per heavy atom. The molecule has 1 aromatic heterocycles. The molecule has 0 aliphatic heterocycles. The molecule has 0 aliphatic rings. The molecule has 3 aromatic rings. The molecular formula is C15H11FN2OS. The van der Waals surface area contributed by atoms with Crippen LogP contribution in [0, 0.1) is 12.7 Å². The second kappa shape index (κ2) is 4.76. The van der Waals surface area contributed by atoms with Gasteiger partial charge in [-0.3, -0.25) is 9.36 Å². The summed E-state index contributed by atoms with van der Waals surface area (Å²) in [6.07, 6.45) is 0. The highest BCUT2D eigenvalue weighted by atomic mass is 32.1. The molecule has 1 heterocycles. The number of aromatic nitrogens is 2. The quantitative estimate of drug-likeness (QED) is 0.698. The zero-order valence-corrected chi connectivity index (χ0v) is 11.6. The van der Waals surface area contributed by atoms with Crippen molar-refractivity contribution < 1.29 is 4.39 Å². The Labute approximate surface area is 120 Å². The van der Waals surface area contributed by atoms with Crippen molar-refractivity contribution in [2.45, 2.75) is 11.8 Å². The normalized spacial score (nSPS) is 10.9. The molecule has 5 heteroatoms. The smallest absolute Gasteiger partial charge is 0.266 e. The van der Waals surface area contributed by atoms with Gasteiger partial charge in [0.2, 0.25) is 0 Å². The predicted octanol–water partition coefficient (Wildman–Crippen LogP) is 3.12. The summed E-state index contributed by atoms with van der Waals surface area (Å²) in [6.45, 7) is 1.68. The molecule has 0 atom stereocenters. The van der Waals surface area contributed by atoms with Crippen LogP contribution in [-0.4, -0.2) is 9.55 Å². The van der Waals surface area contributed by atoms with Crippen LogP contribution in [0.4, 0.5) is 4.39 Å². The molecule has 0 radical (unpaired) electrons. The highest BCUT2D eigenvalue weighted by Gasteiger charge is 2.12. The van der Waals surface area contributed by atoms with Gasteiger partial charge < -0.3 is 0 Å². The number of rotatable bonds is 1. The van der Waals surface area contributed by atoms with E-state index in [1.807, 2.05) is 0 Å². The van der Waals surface area contributed by atoms with Crippen molar-refractivity contribution in [2.75, 3.05) is 0 Å². The van der Waals surface area contributed by atoms with Crippen molar-refractivity contribution >= 4 is 23.5 Å². The van der Waals surface area contributed by atoms with Crippen LogP contribution >= 0.6 is 12.6 Å². The second-order valence-electron chi connectivity index (χ2n) is 4.45. The van der Waals surface area contributed by atoms with E-state index in [9.17, 15) is 9.18 Å². The second-order valence-corrected chi connectivity index (χ2v) is 4.97. The zero-order valence-electron chi connectivity index (χ0n) is 10.7. The average molecular weight is 286 g/mol. The van der Waals surface area contributed by atoms with Crippen molar-refractivity contribution in [1.29, 1.82) is 0 Å². The molecule has 0 N–H and O–H groups in total. The number of thiol groups is 1. The third-order valence-corrected chi connectivity index (χ3v) is 3.42. The van der Waals surface area contributed by atoms with E-state index in [1.165, 1.54) is 16.7 Å². The molecule has 0 aliphatic carbocycles. The molecule has 0 amide bonds. The topological polar surface area (TPSA) is 34.9 Å². The fraction of sp³-hybridized carbons (Fsp3) is 0.0667. The van der Waals surface area contributed by atoms with Gasteiger partial charge in [0.1, 0.15) is 17.2 Å². The van der Waals surface area contributed by atoms with Crippen LogP contribution in [0.25, 0.3) is 16.6 Å². The van der Waals surface area contributed by atoms with Gasteiger partial charge in [0.15, 0.2) is 0 Å². The Bertz CT molecular complexity index is 856. The summed E-state index contributed by atoms with van der Waals surface area (Å²) in [5.41, 5.74) is 0.514. The lowest BCUT2D eigenvalue weighted by Gasteiger charge is -2.11. The fourth-order valence-electron chi connectivity index (χ4n) is 2.19. The number of nitrogens with zero attached hydrogens (tertiary/aromatic N) is 2. The Hall–Kier alpha value is -2.14. The Kier molecular flexibility index (Phi) is 3.06. The van der Waals surface area contributed by atoms with Gasteiger partial charge in [0.25, 0.3) is 5.56 Å². The van der Waals surface area contributed by atoms with Gasteiger partial charge in [-0.05, 0) is 43.3 Å². The lowest BCUT2D eigenvalue weighted by molar-refractivity contribution is 0.635. The standard InChI is InChI=1S/C15H11FN2OS/c1-9-17-14-12(3-2-4-13(14)16)15(19)18(9)10-5-7-11(20)8-6-10/h2-8,20H,1H3. The molecule has 3 nitrogen and oxygen atoms in total. The van der Waals surface area contributed by atoms with Crippen molar-refractivity contribution in [3.05, 3.63) is 64.5 Å². The minimum atomic E-state index is -0.486. The van der Waals surface area contributed by atoms with E-state index in [0.717, 1.165) is 4.90 Å². The monoisotopic (exact) mass is 286 g/mol. The third kappa shape index (κ3) is 2.00. The van der Waals surface area contributed by atoms with Crippen molar-refractivity contribution in [1.82, 2.24) is 9.55 Å². The molecule has 0 bridgehead atoms. The first-order chi connectivity index (χ1) is 9.58. The highest BCUT2D eigenvalue weighted by molar-refractivity contribution is 7.80. The van der Waals surface area contributed by atoms with E-state index in [1.54, 1.807) is 37.3 Å². The summed E-state index contributed by atoms with van der Waals surface area (Å²) in [6, 6.07) is 11.5. The predicted molar refractivity (Wildman–Crippen MR) is 79.3 cm³/mol. The number of para-hydroxylation sites is 1. The molecule has 0 saturated heterocycles. The maximum absolute atomic E-state index is 13.7. The molecule has 0 saturated carbocycles. The van der Waals surface area contributed by atoms with Gasteiger partial charge in [-0.25, -0.2) is 9.37 Å². The number of fused-ring (bicyclic) bond motifs is 1. The zero-order chi connectivity index (χ0) is 14.3. The number of aryl methyl sites for hydroxylation is 1. The minimum Gasteiger partial charge on any atom is -0.268 e. The van der Waals surface area contributed by atoms with E-state index in [-0.39, 0.29) is 16.5 Å². The van der Waals surface area contributed by atoms with Gasteiger partial charge >= 0.3 is 0 Å². The lowest BCUT2D eigenvalue weighted by Crippen LogP contribution is -2.22. The first-order valence-electron chi connectivity index (χ1n) is 6.05. The lowest BCUT2D eigenvalue weighted by atomic mass is 10.2. The average Bonchev–Trinajstić information content (AvgIpc) is 2.42. The summed E-state index contributed by atoms with van der Waals surface area (Å²) >= 11 is 4.22. The molecule has 2 aromatic carbocycles. The number of halogens is 1. The van der Waals surface area contributed by atoms with Crippen LogP contribution in [0.3, 0.4) is 0 Å². The summed E-state index contributed by atoms with van der Waals surface area (Å²) in [7, 11) is 0. The Morgan fingerprint density at radius 1 is 1.15 bits per heavy atom. The maximum Gasteiger partial charge on any atom is 0.266 e. The molecule has 100 valence electrons. The van der Waals surface area contributed by atoms with Crippen LogP contribution in [-0.2, 0) is 0 Å². The van der Waals surface area contributed by atoms with Crippen molar-refractivity contribution in [2.24, 2.45) is 0 Å². The SMILES string of the molecule is Cc1nc2c(F)cccc2c(=O)n1-c1ccc(S)cc1. The molecular weight excluding hydrogens is 275 g/mol. The Morgan fingerprint density at radius 2 is 1.85 bits per heavy atom. The van der Waals surface area contributed by atoms with Gasteiger partial charge in [0.05, 0.1) is 11.1 Å². The van der Waals surface area contributed by atoms with E-state index in [2.05, 4.69) is 17.6 Å². The first kappa shape index (κ1) is 12.9. The number of hydrogen-bond donors (Lipinski definition) is 1. The molecule has 0 spiro atoms. The largest absolute Gasteiger partial charge is 0.268 e. The molecule has 0 unspecified atom stereocenters. The minimum absolute atomic E-state index is 0.108. The molecule has 20 heavy (non-hydrogen) atoms. The number of benzene rings is 2. The van der Waals surface area contributed by atoms with E-state index in [4.69, 9.17) is 0 Å². The van der Waals surface area contributed by atoms with Crippen molar-refractivity contribution in [3.8, 4) is 5.69 Å². The van der Waals surface area contributed by atoms with Crippen LogP contribution in [0.15, 0.2) is 52.2 Å². The van der Waals surface area contributed by atoms with Crippen LogP contribution < -0.4 is 5.56 Å². The van der Waals surface area contributed by atoms with E-state index in [0.29, 0.717) is 11.5 Å². The highest BCUT2D eigenvalue weighted by Crippen LogP contribution is 2.16. The van der Waals surface area contributed by atoms with E-state index < -0.39 is 5.82 Å². The number of hydrogen-bond acceptors (Lipinski definition) is 3. The van der Waals surface area contributed by atoms with Gasteiger partial charge in [-0.2, -0.15) is 0 Å².